The molecule has 4 aromatic rings. The molecule has 7 heteroatoms. The van der Waals surface area contributed by atoms with Crippen molar-refractivity contribution in [1.82, 2.24) is 24.8 Å². The number of aryl methyl sites for hydroxylation is 2. The van der Waals surface area contributed by atoms with Crippen LogP contribution in [0.2, 0.25) is 0 Å². The zero-order valence-electron chi connectivity index (χ0n) is 18.5. The van der Waals surface area contributed by atoms with E-state index in [1.807, 2.05) is 29.8 Å². The van der Waals surface area contributed by atoms with E-state index >= 15 is 0 Å². The highest BCUT2D eigenvalue weighted by Crippen LogP contribution is 2.23. The molecule has 5 rings (SSSR count). The van der Waals surface area contributed by atoms with Gasteiger partial charge in [0.15, 0.2) is 5.69 Å². The van der Waals surface area contributed by atoms with E-state index in [1.54, 1.807) is 0 Å². The van der Waals surface area contributed by atoms with Gasteiger partial charge in [0.05, 0.1) is 19.8 Å². The van der Waals surface area contributed by atoms with Crippen LogP contribution < -0.4 is 0 Å². The van der Waals surface area contributed by atoms with Crippen LogP contribution in [0.15, 0.2) is 59.1 Å². The molecule has 32 heavy (non-hydrogen) atoms. The molecule has 0 radical (unpaired) electrons. The Morgan fingerprint density at radius 3 is 2.31 bits per heavy atom. The highest BCUT2D eigenvalue weighted by molar-refractivity contribution is 5.58. The maximum Gasteiger partial charge on any atom is 0.278 e. The number of benzene rings is 2. The lowest BCUT2D eigenvalue weighted by molar-refractivity contribution is 0.0342. The summed E-state index contributed by atoms with van der Waals surface area (Å²) in [6, 6.07) is 18.8. The summed E-state index contributed by atoms with van der Waals surface area (Å²) in [6.07, 6.45) is 0. The molecule has 3 heterocycles. The summed E-state index contributed by atoms with van der Waals surface area (Å²) in [4.78, 5) is 6.99. The first-order valence-electron chi connectivity index (χ1n) is 11.0. The van der Waals surface area contributed by atoms with Gasteiger partial charge in [-0.25, -0.2) is 0 Å². The van der Waals surface area contributed by atoms with Crippen molar-refractivity contribution in [3.63, 3.8) is 0 Å². The molecule has 0 atom stereocenters. The number of nitrogens with zero attached hydrogens (tertiary/aromatic N) is 5. The van der Waals surface area contributed by atoms with Gasteiger partial charge in [0.1, 0.15) is 0 Å². The van der Waals surface area contributed by atoms with Crippen molar-refractivity contribution in [2.24, 2.45) is 0 Å². The second-order valence-corrected chi connectivity index (χ2v) is 8.32. The first kappa shape index (κ1) is 20.6. The summed E-state index contributed by atoms with van der Waals surface area (Å²) in [5.41, 5.74) is 6.40. The van der Waals surface area contributed by atoms with Gasteiger partial charge in [0.25, 0.3) is 5.89 Å². The molecule has 0 spiro atoms. The number of aromatic nitrogens is 4. The highest BCUT2D eigenvalue weighted by Gasteiger charge is 2.16. The highest BCUT2D eigenvalue weighted by atomic mass is 16.5. The van der Waals surface area contributed by atoms with Gasteiger partial charge in [-0.1, -0.05) is 59.3 Å². The van der Waals surface area contributed by atoms with Gasteiger partial charge >= 0.3 is 0 Å². The molecule has 164 valence electrons. The molecular weight excluding hydrogens is 402 g/mol. The Hall–Kier alpha value is -3.29. The second kappa shape index (κ2) is 9.06. The van der Waals surface area contributed by atoms with E-state index < -0.39 is 0 Å². The molecular formula is C25H27N5O2. The van der Waals surface area contributed by atoms with Gasteiger partial charge in [-0.15, -0.1) is 0 Å². The van der Waals surface area contributed by atoms with Gasteiger partial charge in [-0.2, -0.15) is 10.1 Å². The van der Waals surface area contributed by atoms with Crippen molar-refractivity contribution >= 4 is 0 Å². The fraction of sp³-hybridized carbons (Fsp3) is 0.320. The van der Waals surface area contributed by atoms with Crippen molar-refractivity contribution in [1.29, 1.82) is 0 Å². The number of rotatable bonds is 6. The minimum atomic E-state index is 0.433. The maximum absolute atomic E-state index is 5.53. The second-order valence-electron chi connectivity index (χ2n) is 8.32. The van der Waals surface area contributed by atoms with Gasteiger partial charge in [0.2, 0.25) is 5.82 Å². The third-order valence-electron chi connectivity index (χ3n) is 5.80. The smallest absolute Gasteiger partial charge is 0.278 e. The minimum Gasteiger partial charge on any atom is -0.379 e. The Labute approximate surface area is 187 Å². The van der Waals surface area contributed by atoms with Crippen LogP contribution in [0.3, 0.4) is 0 Å². The number of ether oxygens (including phenoxy) is 1. The summed E-state index contributed by atoms with van der Waals surface area (Å²) in [5.74, 6) is 1.01. The fourth-order valence-corrected chi connectivity index (χ4v) is 3.86. The lowest BCUT2D eigenvalue weighted by atomic mass is 10.1. The Bertz CT molecular complexity index is 1170. The van der Waals surface area contributed by atoms with Crippen LogP contribution in [-0.4, -0.2) is 51.1 Å². The van der Waals surface area contributed by atoms with Crippen molar-refractivity contribution in [2.75, 3.05) is 26.3 Å². The number of morpholine rings is 1. The van der Waals surface area contributed by atoms with Crippen molar-refractivity contribution in [3.05, 3.63) is 77.0 Å². The average Bonchev–Trinajstić information content (AvgIpc) is 3.44. The molecule has 7 nitrogen and oxygen atoms in total. The molecule has 2 aromatic heterocycles. The third kappa shape index (κ3) is 4.64. The summed E-state index contributed by atoms with van der Waals surface area (Å²) < 4.78 is 12.9. The Balaban J connectivity index is 1.28. The molecule has 1 saturated heterocycles. The summed E-state index contributed by atoms with van der Waals surface area (Å²) >= 11 is 0. The summed E-state index contributed by atoms with van der Waals surface area (Å²) in [6.45, 7) is 9.34. The first-order chi connectivity index (χ1) is 15.6. The van der Waals surface area contributed by atoms with Gasteiger partial charge in [0, 0.05) is 30.9 Å². The average molecular weight is 430 g/mol. The Kier molecular flexibility index (Phi) is 5.83. The SMILES string of the molecule is Cc1ccc(Cn2nc(-c3nc(-c4ccc(CN5CCOCC5)cc4)no3)cc2C)cc1. The molecule has 0 saturated carbocycles. The van der Waals surface area contributed by atoms with Crippen LogP contribution in [0, 0.1) is 13.8 Å². The lowest BCUT2D eigenvalue weighted by Gasteiger charge is -2.26. The van der Waals surface area contributed by atoms with Crippen LogP contribution in [0.25, 0.3) is 23.0 Å². The van der Waals surface area contributed by atoms with Gasteiger partial charge in [-0.05, 0) is 31.0 Å². The normalized spacial score (nSPS) is 14.7. The topological polar surface area (TPSA) is 69.2 Å². The predicted octanol–water partition coefficient (Wildman–Crippen LogP) is 4.10. The Morgan fingerprint density at radius 1 is 0.875 bits per heavy atom. The number of hydrogen-bond donors (Lipinski definition) is 0. The van der Waals surface area contributed by atoms with Crippen molar-refractivity contribution < 1.29 is 9.26 Å². The largest absolute Gasteiger partial charge is 0.379 e. The molecule has 0 amide bonds. The van der Waals surface area contributed by atoms with Crippen LogP contribution in [0.1, 0.15) is 22.4 Å². The molecule has 1 aliphatic heterocycles. The quantitative estimate of drug-likeness (QED) is 0.460. The van der Waals surface area contributed by atoms with Crippen molar-refractivity contribution in [3.8, 4) is 23.0 Å². The number of hydrogen-bond acceptors (Lipinski definition) is 6. The summed E-state index contributed by atoms with van der Waals surface area (Å²) in [5, 5.41) is 8.87. The molecule has 2 aromatic carbocycles. The molecule has 0 N–H and O–H groups in total. The van der Waals surface area contributed by atoms with E-state index in [9.17, 15) is 0 Å². The van der Waals surface area contributed by atoms with Gasteiger partial charge < -0.3 is 9.26 Å². The molecule has 1 fully saturated rings. The van der Waals surface area contributed by atoms with E-state index in [2.05, 4.69) is 63.5 Å². The standard InChI is InChI=1S/C25H27N5O2/c1-18-3-5-21(6-4-18)17-30-19(2)15-23(27-30)25-26-24(28-32-25)22-9-7-20(8-10-22)16-29-11-13-31-14-12-29/h3-10,15H,11-14,16-17H2,1-2H3. The zero-order valence-corrected chi connectivity index (χ0v) is 18.5. The zero-order chi connectivity index (χ0) is 21.9. The predicted molar refractivity (Wildman–Crippen MR) is 122 cm³/mol. The monoisotopic (exact) mass is 429 g/mol. The fourth-order valence-electron chi connectivity index (χ4n) is 3.86. The summed E-state index contributed by atoms with van der Waals surface area (Å²) in [7, 11) is 0. The third-order valence-corrected chi connectivity index (χ3v) is 5.80. The van der Waals surface area contributed by atoms with E-state index in [1.165, 1.54) is 16.7 Å². The van der Waals surface area contributed by atoms with E-state index in [0.29, 0.717) is 24.0 Å². The molecule has 0 unspecified atom stereocenters. The van der Waals surface area contributed by atoms with Crippen LogP contribution in [-0.2, 0) is 17.8 Å². The maximum atomic E-state index is 5.53. The molecule has 0 bridgehead atoms. The van der Waals surface area contributed by atoms with Crippen molar-refractivity contribution in [2.45, 2.75) is 26.9 Å². The van der Waals surface area contributed by atoms with Crippen LogP contribution in [0.4, 0.5) is 0 Å². The Morgan fingerprint density at radius 2 is 1.56 bits per heavy atom. The van der Waals surface area contributed by atoms with Crippen LogP contribution >= 0.6 is 0 Å². The minimum absolute atomic E-state index is 0.433. The van der Waals surface area contributed by atoms with E-state index in [4.69, 9.17) is 9.26 Å². The van der Waals surface area contributed by atoms with Crippen LogP contribution in [0.5, 0.6) is 0 Å². The molecule has 0 aliphatic carbocycles. The molecule has 1 aliphatic rings. The lowest BCUT2D eigenvalue weighted by Crippen LogP contribution is -2.35. The van der Waals surface area contributed by atoms with Gasteiger partial charge in [-0.3, -0.25) is 9.58 Å². The van der Waals surface area contributed by atoms with E-state index in [0.717, 1.165) is 44.1 Å². The van der Waals surface area contributed by atoms with E-state index in [-0.39, 0.29) is 0 Å². The first-order valence-corrected chi connectivity index (χ1v) is 11.0.